The largest absolute Gasteiger partial charge is 0.382 e. The molecule has 0 heterocycles. The molecule has 0 saturated heterocycles. The third-order valence-electron chi connectivity index (χ3n) is 1.61. The van der Waals surface area contributed by atoms with Crippen LogP contribution in [0.4, 0.5) is 8.78 Å². The molecule has 0 spiro atoms. The SMILES string of the molecule is CC(F)(F)CC[C@H](N)C(O)C(N)=O.Cl. The van der Waals surface area contributed by atoms with Crippen molar-refractivity contribution in [1.82, 2.24) is 0 Å². The maximum atomic E-state index is 12.3. The van der Waals surface area contributed by atoms with Gasteiger partial charge in [0.25, 0.3) is 0 Å². The Morgan fingerprint density at radius 2 is 2.00 bits per heavy atom. The summed E-state index contributed by atoms with van der Waals surface area (Å²) in [5, 5.41) is 8.95. The van der Waals surface area contributed by atoms with E-state index in [-0.39, 0.29) is 18.8 Å². The van der Waals surface area contributed by atoms with Crippen LogP contribution >= 0.6 is 12.4 Å². The predicted molar refractivity (Wildman–Crippen MR) is 50.3 cm³/mol. The van der Waals surface area contributed by atoms with Crippen molar-refractivity contribution >= 4 is 18.3 Å². The van der Waals surface area contributed by atoms with Gasteiger partial charge in [0.15, 0.2) is 0 Å². The highest BCUT2D eigenvalue weighted by Gasteiger charge is 2.26. The zero-order chi connectivity index (χ0) is 10.6. The van der Waals surface area contributed by atoms with Gasteiger partial charge in [-0.05, 0) is 13.3 Å². The van der Waals surface area contributed by atoms with Gasteiger partial charge in [-0.25, -0.2) is 8.78 Å². The van der Waals surface area contributed by atoms with E-state index in [1.165, 1.54) is 0 Å². The van der Waals surface area contributed by atoms with E-state index >= 15 is 0 Å². The smallest absolute Gasteiger partial charge is 0.247 e. The number of hydrogen-bond acceptors (Lipinski definition) is 3. The third-order valence-corrected chi connectivity index (χ3v) is 1.61. The first-order valence-corrected chi connectivity index (χ1v) is 3.85. The number of nitrogens with two attached hydrogens (primary N) is 2. The van der Waals surface area contributed by atoms with E-state index in [0.717, 1.165) is 6.92 Å². The van der Waals surface area contributed by atoms with Gasteiger partial charge in [0.05, 0.1) is 0 Å². The molecule has 0 radical (unpaired) electrons. The summed E-state index contributed by atoms with van der Waals surface area (Å²) >= 11 is 0. The number of hydrogen-bond donors (Lipinski definition) is 3. The molecule has 0 aromatic heterocycles. The van der Waals surface area contributed by atoms with Gasteiger partial charge in [0.2, 0.25) is 11.8 Å². The predicted octanol–water partition coefficient (Wildman–Crippen LogP) is 0.0171. The molecule has 0 aromatic rings. The normalized spacial score (nSPS) is 15.5. The van der Waals surface area contributed by atoms with Crippen molar-refractivity contribution in [1.29, 1.82) is 0 Å². The van der Waals surface area contributed by atoms with E-state index < -0.39 is 30.4 Å². The highest BCUT2D eigenvalue weighted by molar-refractivity contribution is 5.85. The first-order valence-electron chi connectivity index (χ1n) is 3.85. The number of carbonyl (C=O) groups is 1. The average Bonchev–Trinajstić information content (AvgIpc) is 1.97. The van der Waals surface area contributed by atoms with Gasteiger partial charge >= 0.3 is 0 Å². The highest BCUT2D eigenvalue weighted by Crippen LogP contribution is 2.19. The Hall–Kier alpha value is -0.460. The minimum Gasteiger partial charge on any atom is -0.382 e. The molecule has 0 aliphatic rings. The highest BCUT2D eigenvalue weighted by atomic mass is 35.5. The number of alkyl halides is 2. The van der Waals surface area contributed by atoms with Crippen LogP contribution in [-0.4, -0.2) is 29.1 Å². The molecule has 86 valence electrons. The summed E-state index contributed by atoms with van der Waals surface area (Å²) in [4.78, 5) is 10.4. The Morgan fingerprint density at radius 3 is 2.29 bits per heavy atom. The van der Waals surface area contributed by atoms with Gasteiger partial charge in [-0.15, -0.1) is 12.4 Å². The van der Waals surface area contributed by atoms with Crippen LogP contribution in [-0.2, 0) is 4.79 Å². The van der Waals surface area contributed by atoms with Gasteiger partial charge in [0, 0.05) is 12.5 Å². The molecular weight excluding hydrogens is 218 g/mol. The monoisotopic (exact) mass is 232 g/mol. The Bertz CT molecular complexity index is 187. The van der Waals surface area contributed by atoms with E-state index in [4.69, 9.17) is 16.6 Å². The summed E-state index contributed by atoms with van der Waals surface area (Å²) in [5.41, 5.74) is 9.96. The van der Waals surface area contributed by atoms with Gasteiger partial charge in [-0.1, -0.05) is 0 Å². The van der Waals surface area contributed by atoms with Gasteiger partial charge in [-0.3, -0.25) is 4.79 Å². The number of halogens is 3. The molecule has 0 fully saturated rings. The van der Waals surface area contributed by atoms with Crippen molar-refractivity contribution < 1.29 is 18.7 Å². The minimum absolute atomic E-state index is 0. The lowest BCUT2D eigenvalue weighted by atomic mass is 10.0. The maximum Gasteiger partial charge on any atom is 0.247 e. The zero-order valence-corrected chi connectivity index (χ0v) is 8.56. The van der Waals surface area contributed by atoms with Crippen LogP contribution in [0.1, 0.15) is 19.8 Å². The Kier molecular flexibility index (Phi) is 6.97. The molecule has 1 amide bonds. The molecule has 7 heteroatoms. The zero-order valence-electron chi connectivity index (χ0n) is 7.74. The summed E-state index contributed by atoms with van der Waals surface area (Å²) in [6, 6.07) is -1.02. The molecule has 0 aliphatic heterocycles. The average molecular weight is 233 g/mol. The number of amides is 1. The summed E-state index contributed by atoms with van der Waals surface area (Å²) in [7, 11) is 0. The van der Waals surface area contributed by atoms with Crippen LogP contribution < -0.4 is 11.5 Å². The lowest BCUT2D eigenvalue weighted by molar-refractivity contribution is -0.127. The fraction of sp³-hybridized carbons (Fsp3) is 0.857. The first-order chi connectivity index (χ1) is 5.74. The topological polar surface area (TPSA) is 89.3 Å². The molecule has 2 atom stereocenters. The molecule has 14 heavy (non-hydrogen) atoms. The van der Waals surface area contributed by atoms with Gasteiger partial charge in [-0.2, -0.15) is 0 Å². The third kappa shape index (κ3) is 6.99. The summed E-state index contributed by atoms with van der Waals surface area (Å²) < 4.78 is 24.6. The van der Waals surface area contributed by atoms with Crippen LogP contribution in [0.25, 0.3) is 0 Å². The molecule has 0 aliphatic carbocycles. The second kappa shape index (κ2) is 6.10. The van der Waals surface area contributed by atoms with E-state index in [9.17, 15) is 13.6 Å². The molecule has 0 saturated carbocycles. The van der Waals surface area contributed by atoms with Crippen LogP contribution in [0.5, 0.6) is 0 Å². The van der Waals surface area contributed by atoms with Crippen molar-refractivity contribution in [2.75, 3.05) is 0 Å². The lowest BCUT2D eigenvalue weighted by Crippen LogP contribution is -2.44. The number of rotatable bonds is 5. The Labute approximate surface area is 87.0 Å². The standard InChI is InChI=1S/C7H14F2N2O2.ClH/c1-7(8,9)3-2-4(10)5(12)6(11)13;/h4-5,12H,2-3,10H2,1H3,(H2,11,13);1H/t4-,5?;/m0./s1. The number of aliphatic hydroxyl groups is 1. The first kappa shape index (κ1) is 16.0. The molecule has 0 bridgehead atoms. The fourth-order valence-electron chi connectivity index (χ4n) is 0.789. The van der Waals surface area contributed by atoms with Crippen LogP contribution in [0.3, 0.4) is 0 Å². The van der Waals surface area contributed by atoms with Crippen molar-refractivity contribution in [2.24, 2.45) is 11.5 Å². The summed E-state index contributed by atoms with van der Waals surface area (Å²) in [5.74, 6) is -3.83. The summed E-state index contributed by atoms with van der Waals surface area (Å²) in [6.45, 7) is 0.746. The quantitative estimate of drug-likeness (QED) is 0.624. The van der Waals surface area contributed by atoms with E-state index in [0.29, 0.717) is 0 Å². The molecule has 5 N–H and O–H groups in total. The van der Waals surface area contributed by atoms with Crippen molar-refractivity contribution in [3.8, 4) is 0 Å². The molecule has 0 rings (SSSR count). The second-order valence-corrected chi connectivity index (χ2v) is 3.12. The van der Waals surface area contributed by atoms with Gasteiger partial charge < -0.3 is 16.6 Å². The lowest BCUT2D eigenvalue weighted by Gasteiger charge is -2.17. The second-order valence-electron chi connectivity index (χ2n) is 3.12. The molecular formula is C7H15ClF2N2O2. The summed E-state index contributed by atoms with van der Waals surface area (Å²) in [6.07, 6.45) is -2.17. The molecule has 0 aromatic carbocycles. The van der Waals surface area contributed by atoms with E-state index in [2.05, 4.69) is 0 Å². The van der Waals surface area contributed by atoms with Crippen molar-refractivity contribution in [3.63, 3.8) is 0 Å². The fourth-order valence-corrected chi connectivity index (χ4v) is 0.789. The van der Waals surface area contributed by atoms with E-state index in [1.807, 2.05) is 0 Å². The van der Waals surface area contributed by atoms with E-state index in [1.54, 1.807) is 0 Å². The number of aliphatic hydroxyl groups excluding tert-OH is 1. The molecule has 1 unspecified atom stereocenters. The Balaban J connectivity index is 0. The number of primary amides is 1. The van der Waals surface area contributed by atoms with Crippen LogP contribution in [0.15, 0.2) is 0 Å². The maximum absolute atomic E-state index is 12.3. The van der Waals surface area contributed by atoms with Gasteiger partial charge in [0.1, 0.15) is 6.10 Å². The van der Waals surface area contributed by atoms with Crippen molar-refractivity contribution in [3.05, 3.63) is 0 Å². The Morgan fingerprint density at radius 1 is 1.57 bits per heavy atom. The molecule has 4 nitrogen and oxygen atoms in total. The van der Waals surface area contributed by atoms with Crippen LogP contribution in [0, 0.1) is 0 Å². The number of carbonyl (C=O) groups excluding carboxylic acids is 1. The minimum atomic E-state index is -2.84. The van der Waals surface area contributed by atoms with Crippen LogP contribution in [0.2, 0.25) is 0 Å². The van der Waals surface area contributed by atoms with Crippen molar-refractivity contribution in [2.45, 2.75) is 37.8 Å².